The zero-order valence-electron chi connectivity index (χ0n) is 16.1. The standard InChI is InChI=1S/C22H20ClFN2O4/c1-13(22(28)29)8-17(26-21(27)20-11-25-12-30-20)9-14-2-4-15(5-3-14)18-10-16(23)6-7-19(18)24/h2-7,10-13,17H,8-9H2,1H3,(H,26,27)(H,28,29)/t13-,17+/m1/s1. The topological polar surface area (TPSA) is 92.4 Å². The molecule has 1 aromatic heterocycles. The Labute approximate surface area is 177 Å². The van der Waals surface area contributed by atoms with Crippen LogP contribution in [0.4, 0.5) is 4.39 Å². The summed E-state index contributed by atoms with van der Waals surface area (Å²) in [6, 6.07) is 11.1. The number of amides is 1. The first-order valence-corrected chi connectivity index (χ1v) is 9.68. The summed E-state index contributed by atoms with van der Waals surface area (Å²) in [4.78, 5) is 27.3. The number of benzene rings is 2. The zero-order chi connectivity index (χ0) is 21.7. The number of carbonyl (C=O) groups excluding carboxylic acids is 1. The Balaban J connectivity index is 1.76. The highest BCUT2D eigenvalue weighted by Gasteiger charge is 2.22. The fourth-order valence-electron chi connectivity index (χ4n) is 3.13. The number of aliphatic carboxylic acids is 1. The van der Waals surface area contributed by atoms with E-state index in [4.69, 9.17) is 16.0 Å². The van der Waals surface area contributed by atoms with Crippen LogP contribution >= 0.6 is 11.6 Å². The van der Waals surface area contributed by atoms with E-state index in [9.17, 15) is 19.1 Å². The molecule has 0 unspecified atom stereocenters. The molecule has 3 aromatic rings. The lowest BCUT2D eigenvalue weighted by Gasteiger charge is -2.20. The van der Waals surface area contributed by atoms with Gasteiger partial charge in [-0.05, 0) is 42.2 Å². The molecular formula is C22H20ClFN2O4. The number of carboxylic acids is 1. The summed E-state index contributed by atoms with van der Waals surface area (Å²) in [6.07, 6.45) is 3.08. The molecular weight excluding hydrogens is 411 g/mol. The van der Waals surface area contributed by atoms with Crippen LogP contribution in [-0.4, -0.2) is 28.0 Å². The van der Waals surface area contributed by atoms with Crippen molar-refractivity contribution in [3.8, 4) is 11.1 Å². The van der Waals surface area contributed by atoms with Crippen molar-refractivity contribution in [2.45, 2.75) is 25.8 Å². The van der Waals surface area contributed by atoms with E-state index in [1.807, 2.05) is 12.1 Å². The third-order valence-corrected chi connectivity index (χ3v) is 4.96. The van der Waals surface area contributed by atoms with Gasteiger partial charge in [-0.3, -0.25) is 9.59 Å². The fourth-order valence-corrected chi connectivity index (χ4v) is 3.30. The average Bonchev–Trinajstić information content (AvgIpc) is 3.25. The maximum Gasteiger partial charge on any atom is 0.306 e. The minimum atomic E-state index is -0.944. The van der Waals surface area contributed by atoms with Gasteiger partial charge in [-0.2, -0.15) is 0 Å². The Morgan fingerprint density at radius 1 is 1.23 bits per heavy atom. The molecule has 1 amide bonds. The lowest BCUT2D eigenvalue weighted by atomic mass is 9.94. The average molecular weight is 431 g/mol. The number of hydrogen-bond donors (Lipinski definition) is 2. The van der Waals surface area contributed by atoms with Crippen molar-refractivity contribution >= 4 is 23.5 Å². The summed E-state index contributed by atoms with van der Waals surface area (Å²) in [5, 5.41) is 12.5. The van der Waals surface area contributed by atoms with Gasteiger partial charge in [0.15, 0.2) is 6.39 Å². The van der Waals surface area contributed by atoms with Gasteiger partial charge in [0.2, 0.25) is 5.76 Å². The number of aromatic nitrogens is 1. The second-order valence-corrected chi connectivity index (χ2v) is 7.47. The summed E-state index contributed by atoms with van der Waals surface area (Å²) >= 11 is 5.96. The van der Waals surface area contributed by atoms with Gasteiger partial charge < -0.3 is 14.8 Å². The van der Waals surface area contributed by atoms with Crippen molar-refractivity contribution in [2.24, 2.45) is 5.92 Å². The quantitative estimate of drug-likeness (QED) is 0.545. The van der Waals surface area contributed by atoms with Gasteiger partial charge in [0.05, 0.1) is 12.1 Å². The molecule has 0 aliphatic carbocycles. The monoisotopic (exact) mass is 430 g/mol. The number of oxazole rings is 1. The molecule has 0 saturated carbocycles. The third-order valence-electron chi connectivity index (χ3n) is 4.73. The van der Waals surface area contributed by atoms with Gasteiger partial charge in [0, 0.05) is 16.6 Å². The summed E-state index contributed by atoms with van der Waals surface area (Å²) in [6.45, 7) is 1.58. The molecule has 0 spiro atoms. The summed E-state index contributed by atoms with van der Waals surface area (Å²) in [7, 11) is 0. The zero-order valence-corrected chi connectivity index (χ0v) is 16.9. The largest absolute Gasteiger partial charge is 0.481 e. The van der Waals surface area contributed by atoms with Gasteiger partial charge in [-0.1, -0.05) is 42.8 Å². The highest BCUT2D eigenvalue weighted by atomic mass is 35.5. The third kappa shape index (κ3) is 5.45. The number of hydrogen-bond acceptors (Lipinski definition) is 4. The molecule has 30 heavy (non-hydrogen) atoms. The van der Waals surface area contributed by atoms with E-state index in [2.05, 4.69) is 10.3 Å². The molecule has 156 valence electrons. The molecule has 0 bridgehead atoms. The predicted octanol–water partition coefficient (Wildman–Crippen LogP) is 4.59. The van der Waals surface area contributed by atoms with Crippen molar-refractivity contribution in [1.82, 2.24) is 10.3 Å². The fraction of sp³-hybridized carbons (Fsp3) is 0.227. The van der Waals surface area contributed by atoms with Crippen LogP contribution in [0, 0.1) is 11.7 Å². The van der Waals surface area contributed by atoms with Crippen molar-refractivity contribution in [3.05, 3.63) is 77.2 Å². The molecule has 2 aromatic carbocycles. The lowest BCUT2D eigenvalue weighted by molar-refractivity contribution is -0.141. The minimum Gasteiger partial charge on any atom is -0.481 e. The first-order chi connectivity index (χ1) is 14.3. The number of rotatable bonds is 8. The molecule has 0 saturated heterocycles. The van der Waals surface area contributed by atoms with Crippen molar-refractivity contribution in [1.29, 1.82) is 0 Å². The Morgan fingerprint density at radius 3 is 2.60 bits per heavy atom. The number of carboxylic acid groups (broad SMARTS) is 1. The van der Waals surface area contributed by atoms with E-state index in [1.165, 1.54) is 18.3 Å². The SMILES string of the molecule is C[C@H](C[C@@H](Cc1ccc(-c2cc(Cl)ccc2F)cc1)NC(=O)c1cnco1)C(=O)O. The predicted molar refractivity (Wildman–Crippen MR) is 110 cm³/mol. The second-order valence-electron chi connectivity index (χ2n) is 7.04. The minimum absolute atomic E-state index is 0.0507. The van der Waals surface area contributed by atoms with Crippen LogP contribution in [0.25, 0.3) is 11.1 Å². The highest BCUT2D eigenvalue weighted by Crippen LogP contribution is 2.26. The number of nitrogens with one attached hydrogen (secondary N) is 1. The summed E-state index contributed by atoms with van der Waals surface area (Å²) < 4.78 is 19.1. The van der Waals surface area contributed by atoms with Crippen molar-refractivity contribution < 1.29 is 23.5 Å². The summed E-state index contributed by atoms with van der Waals surface area (Å²) in [5.41, 5.74) is 1.92. The molecule has 2 N–H and O–H groups in total. The van der Waals surface area contributed by atoms with Crippen LogP contribution in [0.5, 0.6) is 0 Å². The van der Waals surface area contributed by atoms with Crippen LogP contribution in [0.15, 0.2) is 59.5 Å². The van der Waals surface area contributed by atoms with E-state index in [-0.39, 0.29) is 18.0 Å². The van der Waals surface area contributed by atoms with Crippen molar-refractivity contribution in [3.63, 3.8) is 0 Å². The second kappa shape index (κ2) is 9.54. The molecule has 3 rings (SSSR count). The van der Waals surface area contributed by atoms with E-state index in [0.717, 1.165) is 12.0 Å². The molecule has 2 atom stereocenters. The van der Waals surface area contributed by atoms with Crippen LogP contribution in [0.1, 0.15) is 29.5 Å². The van der Waals surface area contributed by atoms with Crippen LogP contribution < -0.4 is 5.32 Å². The molecule has 0 aliphatic heterocycles. The van der Waals surface area contributed by atoms with Gasteiger partial charge in [-0.25, -0.2) is 9.37 Å². The molecule has 0 fully saturated rings. The van der Waals surface area contributed by atoms with Gasteiger partial charge in [0.25, 0.3) is 5.91 Å². The van der Waals surface area contributed by atoms with Crippen molar-refractivity contribution in [2.75, 3.05) is 0 Å². The van der Waals surface area contributed by atoms with Gasteiger partial charge >= 0.3 is 5.97 Å². The number of carbonyl (C=O) groups is 2. The Hall–Kier alpha value is -3.19. The first-order valence-electron chi connectivity index (χ1n) is 9.30. The summed E-state index contributed by atoms with van der Waals surface area (Å²) in [5.74, 6) is -2.38. The highest BCUT2D eigenvalue weighted by molar-refractivity contribution is 6.30. The molecule has 1 heterocycles. The van der Waals surface area contributed by atoms with E-state index >= 15 is 0 Å². The molecule has 0 aliphatic rings. The van der Waals surface area contributed by atoms with E-state index in [0.29, 0.717) is 22.6 Å². The lowest BCUT2D eigenvalue weighted by Crippen LogP contribution is -2.38. The smallest absolute Gasteiger partial charge is 0.306 e. The maximum absolute atomic E-state index is 14.1. The Morgan fingerprint density at radius 2 is 1.97 bits per heavy atom. The van der Waals surface area contributed by atoms with E-state index in [1.54, 1.807) is 25.1 Å². The number of halogens is 2. The maximum atomic E-state index is 14.1. The Kier molecular flexibility index (Phi) is 6.84. The van der Waals surface area contributed by atoms with Crippen LogP contribution in [-0.2, 0) is 11.2 Å². The Bertz CT molecular complexity index is 1020. The van der Waals surface area contributed by atoms with Gasteiger partial charge in [-0.15, -0.1) is 0 Å². The molecule has 6 nitrogen and oxygen atoms in total. The normalized spacial score (nSPS) is 12.9. The van der Waals surface area contributed by atoms with Crippen LogP contribution in [0.3, 0.4) is 0 Å². The first kappa shape index (κ1) is 21.5. The van der Waals surface area contributed by atoms with Gasteiger partial charge in [0.1, 0.15) is 5.82 Å². The molecule has 0 radical (unpaired) electrons. The van der Waals surface area contributed by atoms with E-state index < -0.39 is 23.8 Å². The molecule has 8 heteroatoms. The van der Waals surface area contributed by atoms with Crippen LogP contribution in [0.2, 0.25) is 5.02 Å². The number of nitrogens with zero attached hydrogens (tertiary/aromatic N) is 1.